The zero-order valence-corrected chi connectivity index (χ0v) is 54.7. The highest BCUT2D eigenvalue weighted by Crippen LogP contribution is 2.73. The van der Waals surface area contributed by atoms with E-state index < -0.39 is 17.9 Å². The average Bonchev–Trinajstić information content (AvgIpc) is 0.760. The molecule has 8 rings (SSSR count). The van der Waals surface area contributed by atoms with Gasteiger partial charge in [0.05, 0.1) is 143 Å². The molecule has 3 saturated carbocycles. The normalized spacial score (nSPS) is 20.0. The van der Waals surface area contributed by atoms with Crippen molar-refractivity contribution in [3.05, 3.63) is 70.2 Å². The van der Waals surface area contributed by atoms with Crippen LogP contribution >= 0.6 is 0 Å². The molecule has 5 N–H and O–H groups in total. The summed E-state index contributed by atoms with van der Waals surface area (Å²) in [4.78, 5) is 77.4. The van der Waals surface area contributed by atoms with Crippen LogP contribution in [0.25, 0.3) is 11.7 Å². The Kier molecular flexibility index (Phi) is 32.0. The van der Waals surface area contributed by atoms with Crippen LogP contribution in [-0.2, 0) is 74.7 Å². The second kappa shape index (κ2) is 39.9. The number of fused-ring (bicyclic) bond motifs is 1. The quantitative estimate of drug-likeness (QED) is 0.0496. The maximum atomic E-state index is 13.1. The van der Waals surface area contributed by atoms with Crippen LogP contribution in [0.3, 0.4) is 0 Å². The molecular formula is C65H103N11O16. The average molecular weight is 1290 g/mol. The first kappa shape index (κ1) is 73.8. The second-order valence-electron chi connectivity index (χ2n) is 24.6. The zero-order valence-electron chi connectivity index (χ0n) is 54.7. The number of carboxylic acids is 3. The molecule has 2 aromatic heterocycles. The summed E-state index contributed by atoms with van der Waals surface area (Å²) in [5, 5.41) is 39.0. The molecule has 2 saturated heterocycles. The number of ether oxygens (including phenoxy) is 8. The number of nitrogens with one attached hydrogen (secondary N) is 2. The van der Waals surface area contributed by atoms with Crippen LogP contribution in [0.4, 0.5) is 0 Å². The summed E-state index contributed by atoms with van der Waals surface area (Å²) in [7, 11) is 0. The van der Waals surface area contributed by atoms with E-state index in [0.29, 0.717) is 163 Å². The molecule has 27 nitrogen and oxygen atoms in total. The summed E-state index contributed by atoms with van der Waals surface area (Å²) in [5.41, 5.74) is 8.03. The fourth-order valence-electron chi connectivity index (χ4n) is 12.5. The topological polar surface area (TPSA) is 294 Å². The molecule has 3 aromatic rings. The van der Waals surface area contributed by atoms with Gasteiger partial charge in [-0.1, -0.05) is 43.3 Å². The van der Waals surface area contributed by atoms with Gasteiger partial charge in [0.2, 0.25) is 11.8 Å². The highest BCUT2D eigenvalue weighted by Gasteiger charge is 2.71. The predicted molar refractivity (Wildman–Crippen MR) is 343 cm³/mol. The number of piperazine rings is 1. The van der Waals surface area contributed by atoms with E-state index in [2.05, 4.69) is 76.8 Å². The fourth-order valence-corrected chi connectivity index (χ4v) is 12.5. The zero-order chi connectivity index (χ0) is 65.4. The summed E-state index contributed by atoms with van der Waals surface area (Å²) in [5.74, 6) is -3.12. The molecule has 5 aliphatic rings. The highest BCUT2D eigenvalue weighted by atomic mass is 16.6. The Morgan fingerprint density at radius 2 is 0.935 bits per heavy atom. The number of carbonyl (C=O) groups excluding carboxylic acids is 2. The van der Waals surface area contributed by atoms with Crippen molar-refractivity contribution in [3.8, 4) is 0 Å². The van der Waals surface area contributed by atoms with Gasteiger partial charge >= 0.3 is 17.9 Å². The molecule has 1 aromatic carbocycles. The third kappa shape index (κ3) is 25.9. The molecule has 92 heavy (non-hydrogen) atoms. The number of benzene rings is 1. The number of hydrogen-bond acceptors (Lipinski definition) is 21. The number of aryl methyl sites for hydroxylation is 3. The molecule has 5 fully saturated rings. The van der Waals surface area contributed by atoms with Gasteiger partial charge < -0.3 is 68.7 Å². The van der Waals surface area contributed by atoms with Gasteiger partial charge in [-0.25, -0.2) is 9.50 Å². The number of aliphatic carboxylic acids is 3. The first-order valence-corrected chi connectivity index (χ1v) is 32.9. The van der Waals surface area contributed by atoms with Gasteiger partial charge in [0, 0.05) is 128 Å². The van der Waals surface area contributed by atoms with Crippen molar-refractivity contribution in [3.63, 3.8) is 0 Å². The van der Waals surface area contributed by atoms with E-state index in [1.54, 1.807) is 14.7 Å². The molecule has 3 aliphatic carbocycles. The van der Waals surface area contributed by atoms with Gasteiger partial charge in [0.25, 0.3) is 0 Å². The van der Waals surface area contributed by atoms with Crippen molar-refractivity contribution >= 4 is 41.4 Å². The molecule has 0 atom stereocenters. The van der Waals surface area contributed by atoms with E-state index in [9.17, 15) is 39.3 Å². The number of carbonyl (C=O) groups is 5. The van der Waals surface area contributed by atoms with Crippen molar-refractivity contribution in [2.45, 2.75) is 52.9 Å². The Bertz CT molecular complexity index is 2700. The summed E-state index contributed by atoms with van der Waals surface area (Å²) in [6, 6.07) is 11.0. The van der Waals surface area contributed by atoms with Crippen molar-refractivity contribution in [2.24, 2.45) is 10.8 Å². The Balaban J connectivity index is 0.584. The van der Waals surface area contributed by atoms with Crippen LogP contribution in [0.5, 0.6) is 0 Å². The number of amides is 2. The Labute approximate surface area is 541 Å². The Morgan fingerprint density at radius 3 is 1.37 bits per heavy atom. The summed E-state index contributed by atoms with van der Waals surface area (Å²) >= 11 is 0. The Hall–Kier alpha value is -5.63. The SMILES string of the molecule is CCc1nn2c(C)cc(C)nc2c1Cc1ccc(/C=C/CN2CCN(CC34CC(C(=O)NCCOCCOCCOCCOCCOCCOCCOCCOCCNC(=O)CN5CCN(CC(=O)O)CCN(CC(=O)O)CCN(CC(=O)O)CC5)(C3)C4)CC2)cc1. The summed E-state index contributed by atoms with van der Waals surface area (Å²) in [6.45, 7) is 21.9. The van der Waals surface area contributed by atoms with E-state index in [4.69, 9.17) is 48.0 Å². The van der Waals surface area contributed by atoms with E-state index in [1.165, 1.54) is 16.7 Å². The molecule has 4 heterocycles. The van der Waals surface area contributed by atoms with E-state index in [-0.39, 0.29) is 56.6 Å². The minimum absolute atomic E-state index is 0.0286. The predicted octanol–water partition coefficient (Wildman–Crippen LogP) is 1.14. The number of nitrogens with zero attached hydrogens (tertiary/aromatic N) is 9. The number of hydrogen-bond donors (Lipinski definition) is 5. The van der Waals surface area contributed by atoms with Gasteiger partial charge in [-0.05, 0) is 62.1 Å². The monoisotopic (exact) mass is 1290 g/mol. The molecule has 0 radical (unpaired) electrons. The van der Waals surface area contributed by atoms with Crippen LogP contribution in [0.1, 0.15) is 60.0 Å². The fraction of sp³-hybridized carbons (Fsp3) is 0.708. The van der Waals surface area contributed by atoms with Crippen molar-refractivity contribution < 1.29 is 77.2 Å². The van der Waals surface area contributed by atoms with Crippen molar-refractivity contribution in [1.29, 1.82) is 0 Å². The van der Waals surface area contributed by atoms with E-state index in [1.807, 2.05) is 16.3 Å². The smallest absolute Gasteiger partial charge is 0.317 e. The van der Waals surface area contributed by atoms with E-state index >= 15 is 0 Å². The molecule has 2 bridgehead atoms. The van der Waals surface area contributed by atoms with E-state index in [0.717, 1.165) is 94.1 Å². The highest BCUT2D eigenvalue weighted by molar-refractivity contribution is 5.86. The third-order valence-corrected chi connectivity index (χ3v) is 17.2. The number of rotatable bonds is 44. The molecule has 0 unspecified atom stereocenters. The Morgan fingerprint density at radius 1 is 0.533 bits per heavy atom. The largest absolute Gasteiger partial charge is 0.480 e. The molecule has 514 valence electrons. The second-order valence-corrected chi connectivity index (χ2v) is 24.6. The molecule has 0 spiro atoms. The van der Waals surface area contributed by atoms with Gasteiger partial charge in [-0.2, -0.15) is 5.10 Å². The lowest BCUT2D eigenvalue weighted by Crippen LogP contribution is -2.71. The van der Waals surface area contributed by atoms with Gasteiger partial charge in [-0.3, -0.25) is 48.5 Å². The first-order valence-electron chi connectivity index (χ1n) is 32.9. The van der Waals surface area contributed by atoms with Crippen molar-refractivity contribution in [1.82, 2.24) is 54.6 Å². The van der Waals surface area contributed by atoms with Gasteiger partial charge in [-0.15, -0.1) is 0 Å². The minimum atomic E-state index is -1.02. The standard InChI is InChI=1S/C65H103N11O16/c1-4-57-56(62-68-52(2)42-53(3)76(62)69-57)43-55-9-7-54(8-10-55)6-5-13-70-14-24-75(25-15-70)51-64-48-65(49-64,50-64)63(84)67-12-27-86-29-31-88-33-35-90-37-39-92-41-40-91-38-36-89-34-32-87-30-28-85-26-11-66-58(77)44-71-16-18-72(45-59(78)79)20-22-74(47-61(82)83)23-21-73(19-17-71)46-60(80)81/h5-10,42H,4,11-41,43-51H2,1-3H3,(H,66,77)(H,67,84)(H,78,79)(H,80,81)(H,82,83)/b6-5+. The van der Waals surface area contributed by atoms with Crippen LogP contribution < -0.4 is 10.6 Å². The van der Waals surface area contributed by atoms with Crippen LogP contribution in [0, 0.1) is 24.7 Å². The van der Waals surface area contributed by atoms with Crippen LogP contribution in [0.15, 0.2) is 36.4 Å². The van der Waals surface area contributed by atoms with Crippen LogP contribution in [0.2, 0.25) is 0 Å². The number of aromatic nitrogens is 3. The molecular weight excluding hydrogens is 1190 g/mol. The lowest BCUT2D eigenvalue weighted by molar-refractivity contribution is -0.214. The minimum Gasteiger partial charge on any atom is -0.480 e. The maximum Gasteiger partial charge on any atom is 0.317 e. The number of carboxylic acid groups (broad SMARTS) is 3. The maximum absolute atomic E-state index is 13.1. The van der Waals surface area contributed by atoms with Crippen LogP contribution in [-0.4, -0.2) is 326 Å². The van der Waals surface area contributed by atoms with Gasteiger partial charge in [0.1, 0.15) is 0 Å². The summed E-state index contributed by atoms with van der Waals surface area (Å²) < 4.78 is 46.7. The summed E-state index contributed by atoms with van der Waals surface area (Å²) in [6.07, 6.45) is 9.20. The lowest BCUT2D eigenvalue weighted by atomic mass is 9.34. The first-order chi connectivity index (χ1) is 44.6. The lowest BCUT2D eigenvalue weighted by Gasteiger charge is -2.70. The van der Waals surface area contributed by atoms with Crippen molar-refractivity contribution in [2.75, 3.05) is 237 Å². The molecule has 2 aliphatic heterocycles. The molecule has 2 amide bonds. The van der Waals surface area contributed by atoms with Gasteiger partial charge in [0.15, 0.2) is 5.65 Å². The third-order valence-electron chi connectivity index (χ3n) is 17.2. The molecule has 27 heteroatoms.